The number of carbonyl (C=O) groups excluding carboxylic acids is 3. The van der Waals surface area contributed by atoms with Gasteiger partial charge in [-0.25, -0.2) is 9.69 Å². The molecule has 8 nitrogen and oxygen atoms in total. The van der Waals surface area contributed by atoms with Crippen molar-refractivity contribution in [1.82, 2.24) is 15.0 Å². The molecule has 0 spiro atoms. The first-order valence-corrected chi connectivity index (χ1v) is 7.23. The van der Waals surface area contributed by atoms with Crippen molar-refractivity contribution in [2.75, 3.05) is 19.7 Å². The maximum absolute atomic E-state index is 12.3. The second-order valence-corrected chi connectivity index (χ2v) is 5.57. The van der Waals surface area contributed by atoms with Gasteiger partial charge in [0.2, 0.25) is 5.91 Å². The number of amides is 3. The summed E-state index contributed by atoms with van der Waals surface area (Å²) < 4.78 is 9.85. The number of nitrogens with zero attached hydrogens (tertiary/aromatic N) is 3. The number of likely N-dealkylation sites (tertiary alicyclic amines) is 1. The van der Waals surface area contributed by atoms with Gasteiger partial charge >= 0.3 is 6.09 Å². The second kappa shape index (κ2) is 5.08. The van der Waals surface area contributed by atoms with Gasteiger partial charge in [-0.05, 0) is 12.1 Å². The van der Waals surface area contributed by atoms with Gasteiger partial charge in [-0.1, -0.05) is 17.3 Å². The van der Waals surface area contributed by atoms with Gasteiger partial charge in [0.1, 0.15) is 5.69 Å². The van der Waals surface area contributed by atoms with Crippen molar-refractivity contribution in [3.8, 4) is 0 Å². The maximum Gasteiger partial charge on any atom is 0.417 e. The van der Waals surface area contributed by atoms with Gasteiger partial charge in [0.25, 0.3) is 5.91 Å². The van der Waals surface area contributed by atoms with Crippen LogP contribution in [0.5, 0.6) is 0 Å². The molecule has 0 radical (unpaired) electrons. The number of cyclic esters (lactones) is 1. The molecule has 8 heteroatoms. The number of ether oxygens (including phenoxy) is 1. The van der Waals surface area contributed by atoms with Gasteiger partial charge in [-0.15, -0.1) is 0 Å². The molecule has 3 heterocycles. The molecule has 0 N–H and O–H groups in total. The monoisotopic (exact) mass is 315 g/mol. The molecule has 2 saturated heterocycles. The van der Waals surface area contributed by atoms with Gasteiger partial charge in [-0.3, -0.25) is 9.59 Å². The largest absolute Gasteiger partial charge is 0.439 e. The Morgan fingerprint density at radius 1 is 1.26 bits per heavy atom. The van der Waals surface area contributed by atoms with Gasteiger partial charge in [0.05, 0.1) is 12.5 Å². The second-order valence-electron chi connectivity index (χ2n) is 5.57. The molecule has 23 heavy (non-hydrogen) atoms. The first kappa shape index (κ1) is 13.7. The van der Waals surface area contributed by atoms with Crippen LogP contribution in [0.4, 0.5) is 4.79 Å². The molecule has 118 valence electrons. The highest BCUT2D eigenvalue weighted by atomic mass is 16.6. The maximum atomic E-state index is 12.3. The van der Waals surface area contributed by atoms with Gasteiger partial charge in [-0.2, -0.15) is 0 Å². The summed E-state index contributed by atoms with van der Waals surface area (Å²) >= 11 is 0. The molecule has 3 amide bonds. The Bertz CT molecular complexity index is 792. The highest BCUT2D eigenvalue weighted by molar-refractivity contribution is 5.98. The summed E-state index contributed by atoms with van der Waals surface area (Å²) in [5, 5.41) is 4.75. The fourth-order valence-corrected chi connectivity index (χ4v) is 2.86. The van der Waals surface area contributed by atoms with Gasteiger partial charge in [0.15, 0.2) is 12.2 Å². The molecule has 4 rings (SSSR count). The Hall–Kier alpha value is -2.90. The van der Waals surface area contributed by atoms with Gasteiger partial charge < -0.3 is 14.2 Å². The molecule has 2 aliphatic rings. The van der Waals surface area contributed by atoms with E-state index in [0.717, 1.165) is 10.3 Å². The molecule has 0 saturated carbocycles. The Morgan fingerprint density at radius 3 is 2.78 bits per heavy atom. The fourth-order valence-electron chi connectivity index (χ4n) is 2.86. The minimum Gasteiger partial charge on any atom is -0.439 e. The van der Waals surface area contributed by atoms with Crippen LogP contribution in [0.15, 0.2) is 28.8 Å². The Labute approximate surface area is 130 Å². The summed E-state index contributed by atoms with van der Waals surface area (Å²) in [6.07, 6.45) is -0.503. The van der Waals surface area contributed by atoms with Crippen molar-refractivity contribution in [3.05, 3.63) is 30.0 Å². The summed E-state index contributed by atoms with van der Waals surface area (Å²) in [5.41, 5.74) is 1.23. The van der Waals surface area contributed by atoms with Crippen molar-refractivity contribution >= 4 is 28.9 Å². The lowest BCUT2D eigenvalue weighted by Crippen LogP contribution is -2.62. The van der Waals surface area contributed by atoms with E-state index >= 15 is 0 Å². The molecule has 1 aromatic carbocycles. The van der Waals surface area contributed by atoms with Crippen LogP contribution in [-0.2, 0) is 20.7 Å². The number of carbonyl (C=O) groups is 3. The molecule has 2 aromatic rings. The first-order valence-electron chi connectivity index (χ1n) is 7.23. The molecule has 0 bridgehead atoms. The van der Waals surface area contributed by atoms with Crippen molar-refractivity contribution < 1.29 is 23.6 Å². The predicted octanol–water partition coefficient (Wildman–Crippen LogP) is 0.560. The molecular weight excluding hydrogens is 302 g/mol. The van der Waals surface area contributed by atoms with E-state index < -0.39 is 6.09 Å². The normalized spacial score (nSPS) is 18.4. The Morgan fingerprint density at radius 2 is 2.04 bits per heavy atom. The third-order valence-electron chi connectivity index (χ3n) is 4.14. The topological polar surface area (TPSA) is 93.0 Å². The lowest BCUT2D eigenvalue weighted by molar-refractivity contribution is -0.141. The van der Waals surface area contributed by atoms with Crippen molar-refractivity contribution in [2.24, 2.45) is 0 Å². The Kier molecular flexibility index (Phi) is 3.03. The summed E-state index contributed by atoms with van der Waals surface area (Å²) in [7, 11) is 0. The van der Waals surface area contributed by atoms with Crippen LogP contribution in [-0.4, -0.2) is 58.6 Å². The van der Waals surface area contributed by atoms with Crippen LogP contribution in [0, 0.1) is 0 Å². The number of para-hydroxylation sites is 1. The first-order chi connectivity index (χ1) is 11.1. The number of benzene rings is 1. The zero-order valence-electron chi connectivity index (χ0n) is 12.1. The van der Waals surface area contributed by atoms with Crippen molar-refractivity contribution in [1.29, 1.82) is 0 Å². The molecule has 2 fully saturated rings. The lowest BCUT2D eigenvalue weighted by atomic mass is 10.1. The van der Waals surface area contributed by atoms with E-state index in [0.29, 0.717) is 24.4 Å². The van der Waals surface area contributed by atoms with Crippen LogP contribution in [0.3, 0.4) is 0 Å². The standard InChI is InChI=1S/C15H13N3O5/c19-13(5-11-10-3-1-2-4-12(10)23-16-11)17-6-9(7-17)18-14(20)8-22-15(18)21/h1-4,9H,5-8H2. The molecule has 2 aliphatic heterocycles. The molecular formula is C15H13N3O5. The predicted molar refractivity (Wildman–Crippen MR) is 76.3 cm³/mol. The number of imide groups is 1. The van der Waals surface area contributed by atoms with Crippen LogP contribution in [0.2, 0.25) is 0 Å². The summed E-state index contributed by atoms with van der Waals surface area (Å²) in [5.74, 6) is -0.463. The number of hydrogen-bond donors (Lipinski definition) is 0. The lowest BCUT2D eigenvalue weighted by Gasteiger charge is -2.41. The van der Waals surface area contributed by atoms with Crippen molar-refractivity contribution in [3.63, 3.8) is 0 Å². The smallest absolute Gasteiger partial charge is 0.417 e. The average Bonchev–Trinajstić information content (AvgIpc) is 3.04. The summed E-state index contributed by atoms with van der Waals surface area (Å²) in [6.45, 7) is 0.444. The molecule has 0 atom stereocenters. The van der Waals surface area contributed by atoms with Crippen LogP contribution in [0.25, 0.3) is 11.0 Å². The van der Waals surface area contributed by atoms with E-state index in [2.05, 4.69) is 9.89 Å². The summed E-state index contributed by atoms with van der Waals surface area (Å²) in [6, 6.07) is 7.05. The molecule has 0 aliphatic carbocycles. The zero-order chi connectivity index (χ0) is 16.0. The van der Waals surface area contributed by atoms with Crippen molar-refractivity contribution in [2.45, 2.75) is 12.5 Å². The van der Waals surface area contributed by atoms with E-state index in [1.165, 1.54) is 0 Å². The van der Waals surface area contributed by atoms with E-state index in [1.807, 2.05) is 18.2 Å². The van der Waals surface area contributed by atoms with Crippen LogP contribution >= 0.6 is 0 Å². The highest BCUT2D eigenvalue weighted by Gasteiger charge is 2.44. The third kappa shape index (κ3) is 2.23. The van der Waals surface area contributed by atoms with Crippen LogP contribution < -0.4 is 0 Å². The highest BCUT2D eigenvalue weighted by Crippen LogP contribution is 2.22. The Balaban J connectivity index is 1.40. The number of aromatic nitrogens is 1. The SMILES string of the molecule is O=C(Cc1noc2ccccc12)N1CC(N2C(=O)COC2=O)C1. The van der Waals surface area contributed by atoms with Crippen LogP contribution in [0.1, 0.15) is 5.69 Å². The third-order valence-corrected chi connectivity index (χ3v) is 4.14. The number of hydrogen-bond acceptors (Lipinski definition) is 6. The zero-order valence-corrected chi connectivity index (χ0v) is 12.1. The minimum atomic E-state index is -0.630. The minimum absolute atomic E-state index is 0.111. The molecule has 1 aromatic heterocycles. The number of rotatable bonds is 3. The van der Waals surface area contributed by atoms with E-state index in [4.69, 9.17) is 4.52 Å². The quantitative estimate of drug-likeness (QED) is 0.821. The average molecular weight is 315 g/mol. The van der Waals surface area contributed by atoms with E-state index in [-0.39, 0.29) is 30.9 Å². The van der Waals surface area contributed by atoms with Gasteiger partial charge in [0, 0.05) is 18.5 Å². The number of fused-ring (bicyclic) bond motifs is 1. The van der Waals surface area contributed by atoms with E-state index in [1.54, 1.807) is 11.0 Å². The molecule has 0 unspecified atom stereocenters. The van der Waals surface area contributed by atoms with E-state index in [9.17, 15) is 14.4 Å². The summed E-state index contributed by atoms with van der Waals surface area (Å²) in [4.78, 5) is 38.0. The fraction of sp³-hybridized carbons (Fsp3) is 0.333.